The molecule has 1 aliphatic rings. The highest BCUT2D eigenvalue weighted by atomic mass is 35.5. The fraction of sp³-hybridized carbons (Fsp3) is 0.333. The molecule has 3 rings (SSSR count). The van der Waals surface area contributed by atoms with E-state index in [1.165, 1.54) is 11.1 Å². The predicted octanol–water partition coefficient (Wildman–Crippen LogP) is 1.03. The number of benzene rings is 1. The average Bonchev–Trinajstić information content (AvgIpc) is 2.65. The second-order valence-electron chi connectivity index (χ2n) is 3.32. The maximum Gasteiger partial charge on any atom is 0.117 e. The van der Waals surface area contributed by atoms with Gasteiger partial charge in [0.05, 0.1) is 0 Å². The van der Waals surface area contributed by atoms with Crippen LogP contribution >= 0.6 is 12.4 Å². The third kappa shape index (κ3) is 1.27. The van der Waals surface area contributed by atoms with Gasteiger partial charge in [0.25, 0.3) is 0 Å². The summed E-state index contributed by atoms with van der Waals surface area (Å²) in [6, 6.07) is 4.18. The summed E-state index contributed by atoms with van der Waals surface area (Å²) in [4.78, 5) is 0. The second-order valence-corrected chi connectivity index (χ2v) is 3.32. The van der Waals surface area contributed by atoms with Gasteiger partial charge in [-0.2, -0.15) is 15.4 Å². The van der Waals surface area contributed by atoms with Gasteiger partial charge in [0.2, 0.25) is 0 Å². The minimum atomic E-state index is 0. The van der Waals surface area contributed by atoms with E-state index in [0.717, 1.165) is 30.5 Å². The van der Waals surface area contributed by atoms with Gasteiger partial charge in [-0.25, -0.2) is 0 Å². The molecule has 0 amide bonds. The zero-order chi connectivity index (χ0) is 8.67. The van der Waals surface area contributed by atoms with Crippen molar-refractivity contribution in [3.8, 4) is 0 Å². The number of aromatic amines is 1. The molecule has 0 fully saturated rings. The predicted molar refractivity (Wildman–Crippen MR) is 56.5 cm³/mol. The maximum absolute atomic E-state index is 4.16. The molecule has 2 aromatic rings. The summed E-state index contributed by atoms with van der Waals surface area (Å²) in [5.74, 6) is 0. The first kappa shape index (κ1) is 9.43. The zero-order valence-corrected chi connectivity index (χ0v) is 8.40. The Morgan fingerprint density at radius 3 is 3.07 bits per heavy atom. The van der Waals surface area contributed by atoms with Crippen molar-refractivity contribution in [3.63, 3.8) is 0 Å². The second kappa shape index (κ2) is 3.55. The fourth-order valence-corrected chi connectivity index (χ4v) is 1.88. The lowest BCUT2D eigenvalue weighted by Crippen LogP contribution is -2.23. The normalized spacial score (nSPS) is 14.9. The van der Waals surface area contributed by atoms with E-state index in [2.05, 4.69) is 26.8 Å². The highest BCUT2D eigenvalue weighted by Crippen LogP contribution is 2.21. The van der Waals surface area contributed by atoms with Crippen LogP contribution in [0, 0.1) is 0 Å². The lowest BCUT2D eigenvalue weighted by atomic mass is 10.00. The van der Waals surface area contributed by atoms with E-state index >= 15 is 0 Å². The first-order valence-corrected chi connectivity index (χ1v) is 4.47. The first-order valence-electron chi connectivity index (χ1n) is 4.47. The van der Waals surface area contributed by atoms with Crippen LogP contribution < -0.4 is 5.32 Å². The molecule has 5 heteroatoms. The first-order chi connectivity index (χ1) is 6.45. The van der Waals surface area contributed by atoms with Crippen molar-refractivity contribution < 1.29 is 0 Å². The Kier molecular flexibility index (Phi) is 2.39. The van der Waals surface area contributed by atoms with Crippen LogP contribution in [0.5, 0.6) is 0 Å². The molecule has 1 aliphatic heterocycles. The largest absolute Gasteiger partial charge is 0.312 e. The molecule has 4 nitrogen and oxygen atoms in total. The molecule has 0 saturated heterocycles. The minimum Gasteiger partial charge on any atom is -0.312 e. The van der Waals surface area contributed by atoms with Crippen LogP contribution in [0.1, 0.15) is 11.1 Å². The van der Waals surface area contributed by atoms with Crippen molar-refractivity contribution in [3.05, 3.63) is 23.3 Å². The molecule has 0 unspecified atom stereocenters. The van der Waals surface area contributed by atoms with Crippen molar-refractivity contribution in [2.75, 3.05) is 6.54 Å². The van der Waals surface area contributed by atoms with E-state index in [4.69, 9.17) is 0 Å². The van der Waals surface area contributed by atoms with Crippen LogP contribution in [0.3, 0.4) is 0 Å². The SMILES string of the molecule is Cl.c1cc2n[nH]nc2c2c1CCNC2. The number of fused-ring (bicyclic) bond motifs is 3. The number of rotatable bonds is 0. The minimum absolute atomic E-state index is 0. The van der Waals surface area contributed by atoms with Crippen LogP contribution in [0.25, 0.3) is 11.0 Å². The Balaban J connectivity index is 0.000000750. The van der Waals surface area contributed by atoms with Gasteiger partial charge >= 0.3 is 0 Å². The number of hydrogen-bond acceptors (Lipinski definition) is 3. The fourth-order valence-electron chi connectivity index (χ4n) is 1.88. The van der Waals surface area contributed by atoms with Crippen molar-refractivity contribution in [1.29, 1.82) is 0 Å². The molecule has 0 atom stereocenters. The van der Waals surface area contributed by atoms with E-state index in [-0.39, 0.29) is 12.4 Å². The molecular formula is C9H11ClN4. The number of H-pyrrole nitrogens is 1. The summed E-state index contributed by atoms with van der Waals surface area (Å²) in [5.41, 5.74) is 4.69. The maximum atomic E-state index is 4.16. The van der Waals surface area contributed by atoms with Gasteiger partial charge in [0, 0.05) is 6.54 Å². The molecule has 2 N–H and O–H groups in total. The molecule has 0 bridgehead atoms. The van der Waals surface area contributed by atoms with Crippen molar-refractivity contribution in [2.24, 2.45) is 0 Å². The molecule has 1 aromatic heterocycles. The van der Waals surface area contributed by atoms with Gasteiger partial charge in [-0.15, -0.1) is 12.4 Å². The van der Waals surface area contributed by atoms with Crippen molar-refractivity contribution in [1.82, 2.24) is 20.7 Å². The topological polar surface area (TPSA) is 53.6 Å². The number of nitrogens with one attached hydrogen (secondary N) is 2. The van der Waals surface area contributed by atoms with Gasteiger partial charge in [0.15, 0.2) is 0 Å². The Morgan fingerprint density at radius 1 is 1.21 bits per heavy atom. The number of nitrogens with zero attached hydrogens (tertiary/aromatic N) is 2. The van der Waals surface area contributed by atoms with Gasteiger partial charge in [-0.05, 0) is 30.2 Å². The summed E-state index contributed by atoms with van der Waals surface area (Å²) < 4.78 is 0. The zero-order valence-electron chi connectivity index (χ0n) is 7.58. The molecule has 14 heavy (non-hydrogen) atoms. The Labute approximate surface area is 87.5 Å². The van der Waals surface area contributed by atoms with Gasteiger partial charge in [-0.3, -0.25) is 0 Å². The van der Waals surface area contributed by atoms with Crippen LogP contribution in [0.2, 0.25) is 0 Å². The molecule has 1 aromatic carbocycles. The Hall–Kier alpha value is -1.13. The van der Waals surface area contributed by atoms with Gasteiger partial charge < -0.3 is 5.32 Å². The summed E-state index contributed by atoms with van der Waals surface area (Å²) in [5, 5.41) is 14.2. The van der Waals surface area contributed by atoms with Crippen molar-refractivity contribution >= 4 is 23.4 Å². The number of aromatic nitrogens is 3. The van der Waals surface area contributed by atoms with Crippen LogP contribution in [0.15, 0.2) is 12.1 Å². The lowest BCUT2D eigenvalue weighted by molar-refractivity contribution is 0.647. The summed E-state index contributed by atoms with van der Waals surface area (Å²) in [7, 11) is 0. The molecular weight excluding hydrogens is 200 g/mol. The number of halogens is 1. The van der Waals surface area contributed by atoms with Crippen molar-refractivity contribution in [2.45, 2.75) is 13.0 Å². The van der Waals surface area contributed by atoms with E-state index in [0.29, 0.717) is 0 Å². The molecule has 0 saturated carbocycles. The lowest BCUT2D eigenvalue weighted by Gasteiger charge is -2.16. The monoisotopic (exact) mass is 210 g/mol. The highest BCUT2D eigenvalue weighted by molar-refractivity contribution is 5.85. The molecule has 74 valence electrons. The quantitative estimate of drug-likeness (QED) is 0.683. The molecule has 0 aliphatic carbocycles. The molecule has 0 radical (unpaired) electrons. The van der Waals surface area contributed by atoms with Gasteiger partial charge in [-0.1, -0.05) is 6.07 Å². The standard InChI is InChI=1S/C9H10N4.ClH/c1-2-8-9(12-13-11-8)7-5-10-4-3-6(1)7;/h1-2,10H,3-5H2,(H,11,12,13);1H. The summed E-state index contributed by atoms with van der Waals surface area (Å²) in [6.45, 7) is 1.98. The third-order valence-electron chi connectivity index (χ3n) is 2.56. The van der Waals surface area contributed by atoms with E-state index in [9.17, 15) is 0 Å². The van der Waals surface area contributed by atoms with E-state index in [1.807, 2.05) is 6.07 Å². The van der Waals surface area contributed by atoms with E-state index in [1.54, 1.807) is 0 Å². The van der Waals surface area contributed by atoms with Crippen LogP contribution in [-0.2, 0) is 13.0 Å². The Morgan fingerprint density at radius 2 is 2.14 bits per heavy atom. The van der Waals surface area contributed by atoms with E-state index < -0.39 is 0 Å². The van der Waals surface area contributed by atoms with Crippen LogP contribution in [-0.4, -0.2) is 22.0 Å². The summed E-state index contributed by atoms with van der Waals surface area (Å²) in [6.07, 6.45) is 1.10. The third-order valence-corrected chi connectivity index (χ3v) is 2.56. The molecule has 2 heterocycles. The molecule has 0 spiro atoms. The average molecular weight is 211 g/mol. The van der Waals surface area contributed by atoms with Crippen LogP contribution in [0.4, 0.5) is 0 Å². The summed E-state index contributed by atoms with van der Waals surface area (Å²) >= 11 is 0. The highest BCUT2D eigenvalue weighted by Gasteiger charge is 2.13. The number of hydrogen-bond donors (Lipinski definition) is 2. The Bertz CT molecular complexity index is 451. The smallest absolute Gasteiger partial charge is 0.117 e. The van der Waals surface area contributed by atoms with Gasteiger partial charge in [0.1, 0.15) is 11.0 Å².